The van der Waals surface area contributed by atoms with Crippen LogP contribution in [0, 0.1) is 5.92 Å². The minimum absolute atomic E-state index is 0.503. The molecule has 1 aliphatic rings. The zero-order valence-electron chi connectivity index (χ0n) is 15.9. The number of hydrogen-bond acceptors (Lipinski definition) is 3. The SMILES string of the molecule is C=CCOc1ccc(/C=C/c2ccc(Br)cc2Cl)cc1CNCC1CCNC1. The Morgan fingerprint density at radius 2 is 2.14 bits per heavy atom. The summed E-state index contributed by atoms with van der Waals surface area (Å²) in [6.45, 7) is 8.27. The third kappa shape index (κ3) is 6.21. The molecular formula is C23H26BrClN2O. The fraction of sp³-hybridized carbons (Fsp3) is 0.304. The Kier molecular flexibility index (Phi) is 8.16. The number of halogens is 2. The molecule has 0 bridgehead atoms. The molecule has 148 valence electrons. The second-order valence-electron chi connectivity index (χ2n) is 6.96. The summed E-state index contributed by atoms with van der Waals surface area (Å²) in [4.78, 5) is 0. The third-order valence-electron chi connectivity index (χ3n) is 4.77. The van der Waals surface area contributed by atoms with Crippen molar-refractivity contribution in [2.24, 2.45) is 5.92 Å². The first-order valence-corrected chi connectivity index (χ1v) is 10.7. The number of benzene rings is 2. The first-order chi connectivity index (χ1) is 13.7. The molecule has 1 unspecified atom stereocenters. The maximum atomic E-state index is 6.31. The summed E-state index contributed by atoms with van der Waals surface area (Å²) in [5.41, 5.74) is 3.26. The smallest absolute Gasteiger partial charge is 0.124 e. The van der Waals surface area contributed by atoms with Gasteiger partial charge in [0.2, 0.25) is 0 Å². The van der Waals surface area contributed by atoms with Gasteiger partial charge in [-0.2, -0.15) is 0 Å². The van der Waals surface area contributed by atoms with Gasteiger partial charge in [-0.05, 0) is 67.4 Å². The summed E-state index contributed by atoms with van der Waals surface area (Å²) in [7, 11) is 0. The molecule has 0 aliphatic carbocycles. The van der Waals surface area contributed by atoms with Crippen molar-refractivity contribution in [2.75, 3.05) is 26.2 Å². The van der Waals surface area contributed by atoms with E-state index in [1.807, 2.05) is 30.3 Å². The van der Waals surface area contributed by atoms with Gasteiger partial charge in [-0.15, -0.1) is 0 Å². The van der Waals surface area contributed by atoms with Gasteiger partial charge in [0.15, 0.2) is 0 Å². The second kappa shape index (κ2) is 10.8. The highest BCUT2D eigenvalue weighted by Crippen LogP contribution is 2.25. The highest BCUT2D eigenvalue weighted by Gasteiger charge is 2.14. The fourth-order valence-electron chi connectivity index (χ4n) is 3.25. The van der Waals surface area contributed by atoms with Crippen molar-refractivity contribution in [3.8, 4) is 5.75 Å². The maximum Gasteiger partial charge on any atom is 0.124 e. The standard InChI is InChI=1S/C23H26BrClN2O/c1-2-11-28-23-8-4-17(3-5-19-6-7-21(24)13-22(19)25)12-20(23)16-27-15-18-9-10-26-14-18/h2-8,12-13,18,26-27H,1,9-11,14-16H2/b5-3+. The van der Waals surface area contributed by atoms with Gasteiger partial charge in [0.1, 0.15) is 12.4 Å². The van der Waals surface area contributed by atoms with Gasteiger partial charge in [-0.3, -0.25) is 0 Å². The van der Waals surface area contributed by atoms with Crippen LogP contribution in [0.1, 0.15) is 23.1 Å². The summed E-state index contributed by atoms with van der Waals surface area (Å²) < 4.78 is 6.81. The van der Waals surface area contributed by atoms with Crippen molar-refractivity contribution < 1.29 is 4.74 Å². The normalized spacial score (nSPS) is 16.6. The van der Waals surface area contributed by atoms with E-state index in [0.29, 0.717) is 12.5 Å². The van der Waals surface area contributed by atoms with Crippen LogP contribution < -0.4 is 15.4 Å². The van der Waals surface area contributed by atoms with Crippen molar-refractivity contribution in [1.82, 2.24) is 10.6 Å². The summed E-state index contributed by atoms with van der Waals surface area (Å²) >= 11 is 9.75. The topological polar surface area (TPSA) is 33.3 Å². The molecule has 1 aliphatic heterocycles. The highest BCUT2D eigenvalue weighted by molar-refractivity contribution is 9.10. The molecule has 28 heavy (non-hydrogen) atoms. The molecule has 1 fully saturated rings. The van der Waals surface area contributed by atoms with Crippen LogP contribution in [0.25, 0.3) is 12.2 Å². The highest BCUT2D eigenvalue weighted by atomic mass is 79.9. The quantitative estimate of drug-likeness (QED) is 0.380. The van der Waals surface area contributed by atoms with Gasteiger partial charge >= 0.3 is 0 Å². The molecule has 1 saturated heterocycles. The third-order valence-corrected chi connectivity index (χ3v) is 5.59. The van der Waals surface area contributed by atoms with E-state index in [0.717, 1.165) is 58.1 Å². The van der Waals surface area contributed by atoms with Crippen LogP contribution in [0.5, 0.6) is 5.75 Å². The Morgan fingerprint density at radius 3 is 2.89 bits per heavy atom. The van der Waals surface area contributed by atoms with E-state index in [1.165, 1.54) is 6.42 Å². The van der Waals surface area contributed by atoms with Crippen molar-refractivity contribution in [3.05, 3.63) is 75.2 Å². The zero-order chi connectivity index (χ0) is 19.8. The lowest BCUT2D eigenvalue weighted by atomic mass is 10.1. The average molecular weight is 462 g/mol. The molecule has 0 spiro atoms. The lowest BCUT2D eigenvalue weighted by molar-refractivity contribution is 0.357. The molecule has 1 atom stereocenters. The van der Waals surface area contributed by atoms with Gasteiger partial charge in [0.05, 0.1) is 0 Å². The first-order valence-electron chi connectivity index (χ1n) is 9.57. The van der Waals surface area contributed by atoms with Gasteiger partial charge in [-0.1, -0.05) is 64.5 Å². The van der Waals surface area contributed by atoms with E-state index < -0.39 is 0 Å². The van der Waals surface area contributed by atoms with Crippen LogP contribution in [0.2, 0.25) is 5.02 Å². The predicted molar refractivity (Wildman–Crippen MR) is 123 cm³/mol. The Morgan fingerprint density at radius 1 is 1.25 bits per heavy atom. The van der Waals surface area contributed by atoms with Crippen molar-refractivity contribution in [3.63, 3.8) is 0 Å². The molecule has 1 heterocycles. The van der Waals surface area contributed by atoms with Crippen LogP contribution in [0.15, 0.2) is 53.5 Å². The van der Waals surface area contributed by atoms with Gasteiger partial charge in [-0.25, -0.2) is 0 Å². The Labute approximate surface area is 181 Å². The Hall–Kier alpha value is -1.59. The summed E-state index contributed by atoms with van der Waals surface area (Å²) in [6.07, 6.45) is 7.13. The fourth-order valence-corrected chi connectivity index (χ4v) is 3.99. The molecule has 3 nitrogen and oxygen atoms in total. The lowest BCUT2D eigenvalue weighted by Crippen LogP contribution is -2.24. The summed E-state index contributed by atoms with van der Waals surface area (Å²) in [6, 6.07) is 12.2. The summed E-state index contributed by atoms with van der Waals surface area (Å²) in [5.74, 6) is 1.61. The van der Waals surface area contributed by atoms with E-state index in [4.69, 9.17) is 16.3 Å². The molecular weight excluding hydrogens is 436 g/mol. The van der Waals surface area contributed by atoms with Gasteiger partial charge < -0.3 is 15.4 Å². The molecule has 2 aromatic carbocycles. The number of hydrogen-bond donors (Lipinski definition) is 2. The molecule has 5 heteroatoms. The van der Waals surface area contributed by atoms with E-state index >= 15 is 0 Å². The van der Waals surface area contributed by atoms with Crippen molar-refractivity contribution in [2.45, 2.75) is 13.0 Å². The van der Waals surface area contributed by atoms with Crippen LogP contribution in [-0.4, -0.2) is 26.2 Å². The first kappa shape index (κ1) is 21.1. The lowest BCUT2D eigenvalue weighted by Gasteiger charge is -2.14. The van der Waals surface area contributed by atoms with Gasteiger partial charge in [0, 0.05) is 21.6 Å². The second-order valence-corrected chi connectivity index (χ2v) is 8.28. The number of ether oxygens (including phenoxy) is 1. The molecule has 0 amide bonds. The molecule has 3 rings (SSSR count). The molecule has 2 N–H and O–H groups in total. The number of nitrogens with one attached hydrogen (secondary N) is 2. The predicted octanol–water partition coefficient (Wildman–Crippen LogP) is 5.54. The Bertz CT molecular complexity index is 831. The maximum absolute atomic E-state index is 6.31. The Balaban J connectivity index is 1.71. The van der Waals surface area contributed by atoms with E-state index in [2.05, 4.69) is 51.4 Å². The summed E-state index contributed by atoms with van der Waals surface area (Å²) in [5, 5.41) is 7.72. The monoisotopic (exact) mass is 460 g/mol. The van der Waals surface area contributed by atoms with Crippen LogP contribution in [0.4, 0.5) is 0 Å². The van der Waals surface area contributed by atoms with Crippen LogP contribution in [0.3, 0.4) is 0 Å². The van der Waals surface area contributed by atoms with Crippen molar-refractivity contribution >= 4 is 39.7 Å². The van der Waals surface area contributed by atoms with Crippen molar-refractivity contribution in [1.29, 1.82) is 0 Å². The van der Waals surface area contributed by atoms with E-state index in [1.54, 1.807) is 6.08 Å². The number of rotatable bonds is 9. The van der Waals surface area contributed by atoms with Crippen LogP contribution >= 0.6 is 27.5 Å². The molecule has 0 saturated carbocycles. The van der Waals surface area contributed by atoms with Gasteiger partial charge in [0.25, 0.3) is 0 Å². The van der Waals surface area contributed by atoms with E-state index in [9.17, 15) is 0 Å². The largest absolute Gasteiger partial charge is 0.489 e. The molecule has 0 aromatic heterocycles. The minimum atomic E-state index is 0.503. The van der Waals surface area contributed by atoms with Crippen LogP contribution in [-0.2, 0) is 6.54 Å². The minimum Gasteiger partial charge on any atom is -0.489 e. The average Bonchev–Trinajstić information content (AvgIpc) is 3.20. The zero-order valence-corrected chi connectivity index (χ0v) is 18.2. The molecule has 2 aromatic rings. The van der Waals surface area contributed by atoms with E-state index in [-0.39, 0.29) is 0 Å². The molecule has 0 radical (unpaired) electrons.